The minimum Gasteiger partial charge on any atom is -0.481 e. The zero-order valence-electron chi connectivity index (χ0n) is 10.5. The van der Waals surface area contributed by atoms with Crippen molar-refractivity contribution >= 4 is 5.97 Å². The highest BCUT2D eigenvalue weighted by atomic mass is 16.5. The van der Waals surface area contributed by atoms with Crippen LogP contribution in [0.1, 0.15) is 50.3 Å². The van der Waals surface area contributed by atoms with Gasteiger partial charge in [-0.3, -0.25) is 4.79 Å². The fraction of sp³-hybridized carbons (Fsp3) is 0.750. The second kappa shape index (κ2) is 5.95. The maximum Gasteiger partial charge on any atom is 0.303 e. The average molecular weight is 254 g/mol. The van der Waals surface area contributed by atoms with E-state index >= 15 is 0 Å². The minimum absolute atomic E-state index is 0.127. The Morgan fingerprint density at radius 3 is 3.06 bits per heavy atom. The number of carbonyl (C=O) groups is 1. The van der Waals surface area contributed by atoms with Gasteiger partial charge in [-0.25, -0.2) is 0 Å². The Bertz CT molecular complexity index is 405. The van der Waals surface area contributed by atoms with Crippen LogP contribution in [-0.4, -0.2) is 34.0 Å². The molecule has 2 unspecified atom stereocenters. The van der Waals surface area contributed by atoms with Gasteiger partial charge in [-0.05, 0) is 19.3 Å². The molecule has 2 atom stereocenters. The SMILES string of the molecule is CCC1OCCC1c1nnc(CCCC(=O)O)o1. The number of carboxylic acid groups (broad SMARTS) is 1. The normalized spacial score (nSPS) is 23.4. The Kier molecular flexibility index (Phi) is 4.30. The summed E-state index contributed by atoms with van der Waals surface area (Å²) in [5, 5.41) is 16.6. The van der Waals surface area contributed by atoms with Gasteiger partial charge in [0, 0.05) is 19.4 Å². The van der Waals surface area contributed by atoms with Crippen LogP contribution in [0.2, 0.25) is 0 Å². The highest BCUT2D eigenvalue weighted by molar-refractivity contribution is 5.66. The smallest absolute Gasteiger partial charge is 0.303 e. The lowest BCUT2D eigenvalue weighted by Crippen LogP contribution is -2.13. The van der Waals surface area contributed by atoms with E-state index in [9.17, 15) is 4.79 Å². The number of aryl methyl sites for hydroxylation is 1. The molecule has 0 radical (unpaired) electrons. The summed E-state index contributed by atoms with van der Waals surface area (Å²) in [4.78, 5) is 10.4. The van der Waals surface area contributed by atoms with Gasteiger partial charge in [-0.1, -0.05) is 6.92 Å². The van der Waals surface area contributed by atoms with Crippen LogP contribution < -0.4 is 0 Å². The Morgan fingerprint density at radius 1 is 1.50 bits per heavy atom. The summed E-state index contributed by atoms with van der Waals surface area (Å²) < 4.78 is 11.2. The van der Waals surface area contributed by atoms with Crippen molar-refractivity contribution in [3.8, 4) is 0 Å². The number of aliphatic carboxylic acids is 1. The van der Waals surface area contributed by atoms with Crippen molar-refractivity contribution < 1.29 is 19.1 Å². The van der Waals surface area contributed by atoms with E-state index in [0.29, 0.717) is 24.6 Å². The van der Waals surface area contributed by atoms with Crippen LogP contribution in [0.4, 0.5) is 0 Å². The number of hydrogen-bond donors (Lipinski definition) is 1. The highest BCUT2D eigenvalue weighted by Crippen LogP contribution is 2.32. The molecule has 0 bridgehead atoms. The van der Waals surface area contributed by atoms with Gasteiger partial charge in [-0.15, -0.1) is 10.2 Å². The van der Waals surface area contributed by atoms with Crippen molar-refractivity contribution in [1.82, 2.24) is 10.2 Å². The van der Waals surface area contributed by atoms with Crippen molar-refractivity contribution in [2.45, 2.75) is 51.0 Å². The maximum absolute atomic E-state index is 10.4. The first kappa shape index (κ1) is 13.0. The van der Waals surface area contributed by atoms with E-state index < -0.39 is 5.97 Å². The average Bonchev–Trinajstić information content (AvgIpc) is 2.95. The predicted molar refractivity (Wildman–Crippen MR) is 62.3 cm³/mol. The summed E-state index contributed by atoms with van der Waals surface area (Å²) in [6.45, 7) is 2.81. The van der Waals surface area contributed by atoms with Gasteiger partial charge in [0.05, 0.1) is 12.0 Å². The van der Waals surface area contributed by atoms with Crippen molar-refractivity contribution in [3.63, 3.8) is 0 Å². The van der Waals surface area contributed by atoms with Gasteiger partial charge in [0.15, 0.2) is 0 Å². The molecule has 0 spiro atoms. The monoisotopic (exact) mass is 254 g/mol. The number of aromatic nitrogens is 2. The van der Waals surface area contributed by atoms with E-state index in [-0.39, 0.29) is 18.4 Å². The summed E-state index contributed by atoms with van der Waals surface area (Å²) in [5.74, 6) is 0.540. The first-order valence-corrected chi connectivity index (χ1v) is 6.36. The predicted octanol–water partition coefficient (Wildman–Crippen LogP) is 1.76. The van der Waals surface area contributed by atoms with Crippen molar-refractivity contribution in [2.24, 2.45) is 0 Å². The van der Waals surface area contributed by atoms with Crippen LogP contribution in [0.3, 0.4) is 0 Å². The molecule has 1 saturated heterocycles. The fourth-order valence-electron chi connectivity index (χ4n) is 2.24. The Morgan fingerprint density at radius 2 is 2.33 bits per heavy atom. The summed E-state index contributed by atoms with van der Waals surface area (Å²) in [6.07, 6.45) is 3.18. The third-order valence-electron chi connectivity index (χ3n) is 3.19. The fourth-order valence-corrected chi connectivity index (χ4v) is 2.24. The van der Waals surface area contributed by atoms with Gasteiger partial charge < -0.3 is 14.3 Å². The van der Waals surface area contributed by atoms with Crippen LogP contribution in [0.15, 0.2) is 4.42 Å². The molecule has 0 saturated carbocycles. The quantitative estimate of drug-likeness (QED) is 0.832. The molecule has 1 N–H and O–H groups in total. The first-order chi connectivity index (χ1) is 8.70. The largest absolute Gasteiger partial charge is 0.481 e. The zero-order valence-corrected chi connectivity index (χ0v) is 10.5. The summed E-state index contributed by atoms with van der Waals surface area (Å²) in [5.41, 5.74) is 0. The second-order valence-corrected chi connectivity index (χ2v) is 4.49. The molecule has 100 valence electrons. The second-order valence-electron chi connectivity index (χ2n) is 4.49. The van der Waals surface area contributed by atoms with E-state index in [0.717, 1.165) is 19.4 Å². The summed E-state index contributed by atoms with van der Waals surface area (Å²) in [7, 11) is 0. The Labute approximate surface area is 105 Å². The molecule has 1 aliphatic rings. The molecule has 6 heteroatoms. The van der Waals surface area contributed by atoms with Gasteiger partial charge in [0.1, 0.15) is 0 Å². The number of rotatable bonds is 6. The van der Waals surface area contributed by atoms with Gasteiger partial charge in [0.2, 0.25) is 11.8 Å². The van der Waals surface area contributed by atoms with E-state index in [1.807, 2.05) is 0 Å². The van der Waals surface area contributed by atoms with Crippen LogP contribution in [0.25, 0.3) is 0 Å². The first-order valence-electron chi connectivity index (χ1n) is 6.36. The topological polar surface area (TPSA) is 85.5 Å². The Hall–Kier alpha value is -1.43. The Balaban J connectivity index is 1.91. The molecule has 0 aromatic carbocycles. The van der Waals surface area contributed by atoms with E-state index in [2.05, 4.69) is 17.1 Å². The standard InChI is InChI=1S/C12H18N2O4/c1-2-9-8(6-7-17-9)12-14-13-10(18-12)4-3-5-11(15)16/h8-9H,2-7H2,1H3,(H,15,16). The van der Waals surface area contributed by atoms with Crippen LogP contribution in [0.5, 0.6) is 0 Å². The molecule has 18 heavy (non-hydrogen) atoms. The minimum atomic E-state index is -0.801. The number of hydrogen-bond acceptors (Lipinski definition) is 5. The highest BCUT2D eigenvalue weighted by Gasteiger charge is 2.32. The van der Waals surface area contributed by atoms with Crippen LogP contribution in [-0.2, 0) is 16.0 Å². The lowest BCUT2D eigenvalue weighted by atomic mass is 10.00. The van der Waals surface area contributed by atoms with E-state index in [4.69, 9.17) is 14.3 Å². The molecule has 6 nitrogen and oxygen atoms in total. The van der Waals surface area contributed by atoms with Crippen LogP contribution in [0, 0.1) is 0 Å². The lowest BCUT2D eigenvalue weighted by Gasteiger charge is -2.11. The molecule has 1 fully saturated rings. The number of carboxylic acids is 1. The van der Waals surface area contributed by atoms with Crippen molar-refractivity contribution in [1.29, 1.82) is 0 Å². The molecule has 1 aliphatic heterocycles. The van der Waals surface area contributed by atoms with Crippen LogP contribution >= 0.6 is 0 Å². The van der Waals surface area contributed by atoms with Gasteiger partial charge in [-0.2, -0.15) is 0 Å². The number of ether oxygens (including phenoxy) is 1. The summed E-state index contributed by atoms with van der Waals surface area (Å²) >= 11 is 0. The maximum atomic E-state index is 10.4. The molecule has 2 rings (SSSR count). The molecule has 1 aromatic heterocycles. The summed E-state index contributed by atoms with van der Waals surface area (Å²) in [6, 6.07) is 0. The van der Waals surface area contributed by atoms with E-state index in [1.54, 1.807) is 0 Å². The lowest BCUT2D eigenvalue weighted by molar-refractivity contribution is -0.137. The molecule has 2 heterocycles. The van der Waals surface area contributed by atoms with Gasteiger partial charge >= 0.3 is 5.97 Å². The zero-order chi connectivity index (χ0) is 13.0. The number of nitrogens with zero attached hydrogens (tertiary/aromatic N) is 2. The van der Waals surface area contributed by atoms with E-state index in [1.165, 1.54) is 0 Å². The third kappa shape index (κ3) is 3.07. The van der Waals surface area contributed by atoms with Crippen molar-refractivity contribution in [3.05, 3.63) is 11.8 Å². The van der Waals surface area contributed by atoms with Gasteiger partial charge in [0.25, 0.3) is 0 Å². The third-order valence-corrected chi connectivity index (χ3v) is 3.19. The molecular weight excluding hydrogens is 236 g/mol. The molecular formula is C12H18N2O4. The molecule has 0 amide bonds. The van der Waals surface area contributed by atoms with Crippen molar-refractivity contribution in [2.75, 3.05) is 6.61 Å². The molecule has 0 aliphatic carbocycles. The molecule has 1 aromatic rings.